The molecule has 0 atom stereocenters. The Balaban J connectivity index is 0. The molecule has 0 spiro atoms. The van der Waals surface area contributed by atoms with E-state index < -0.39 is 12.1 Å². The molecule has 0 unspecified atom stereocenters. The number of alkyl halides is 3. The average Bonchev–Trinajstić information content (AvgIpc) is 3.17. The third-order valence-corrected chi connectivity index (χ3v) is 12.2. The molecule has 0 bridgehead atoms. The molecule has 0 aliphatic heterocycles. The maximum atomic E-state index is 10.5. The second kappa shape index (κ2) is 45.3. The molecular formula is C50H100F3NO2. The van der Waals surface area contributed by atoms with Crippen LogP contribution in [-0.4, -0.2) is 42.8 Å². The van der Waals surface area contributed by atoms with Gasteiger partial charge < -0.3 is 14.4 Å². The average molecular weight is 804 g/mol. The first-order chi connectivity index (χ1) is 27.2. The smallest absolute Gasteiger partial charge is 0.430 e. The van der Waals surface area contributed by atoms with E-state index in [1.54, 1.807) is 0 Å². The quantitative estimate of drug-likeness (QED) is 0.0455. The molecule has 0 rings (SSSR count). The molecule has 6 heteroatoms. The second-order valence-corrected chi connectivity index (χ2v) is 17.7. The van der Waals surface area contributed by atoms with Gasteiger partial charge >= 0.3 is 6.18 Å². The Labute approximate surface area is 349 Å². The predicted molar refractivity (Wildman–Crippen MR) is 238 cm³/mol. The zero-order chi connectivity index (χ0) is 41.7. The van der Waals surface area contributed by atoms with Crippen LogP contribution in [0.2, 0.25) is 0 Å². The van der Waals surface area contributed by atoms with Gasteiger partial charge in [-0.1, -0.05) is 233 Å². The third-order valence-electron chi connectivity index (χ3n) is 12.2. The summed E-state index contributed by atoms with van der Waals surface area (Å²) in [6.45, 7) is 15.3. The van der Waals surface area contributed by atoms with Crippen molar-refractivity contribution in [3.63, 3.8) is 0 Å². The maximum Gasteiger partial charge on any atom is 0.430 e. The Hall–Kier alpha value is -0.780. The molecule has 0 saturated carbocycles. The van der Waals surface area contributed by atoms with Crippen LogP contribution in [0.15, 0.2) is 0 Å². The first-order valence-electron chi connectivity index (χ1n) is 25.3. The molecule has 0 N–H and O–H groups in total. The summed E-state index contributed by atoms with van der Waals surface area (Å²) in [4.78, 5) is 8.78. The van der Waals surface area contributed by atoms with E-state index in [1.807, 2.05) is 0 Å². The number of hydrogen-bond donors (Lipinski definition) is 0. The van der Waals surface area contributed by atoms with E-state index in [1.165, 1.54) is 287 Å². The van der Waals surface area contributed by atoms with Crippen molar-refractivity contribution >= 4 is 5.97 Å². The zero-order valence-corrected chi connectivity index (χ0v) is 38.5. The van der Waals surface area contributed by atoms with Crippen LogP contribution < -0.4 is 5.11 Å². The highest BCUT2D eigenvalue weighted by Gasteiger charge is 2.29. The molecule has 56 heavy (non-hydrogen) atoms. The normalized spacial score (nSPS) is 11.9. The van der Waals surface area contributed by atoms with Gasteiger partial charge in [0.15, 0.2) is 0 Å². The topological polar surface area (TPSA) is 40.1 Å². The Morgan fingerprint density at radius 2 is 0.446 bits per heavy atom. The maximum absolute atomic E-state index is 10.5. The molecule has 0 aromatic rings. The zero-order valence-electron chi connectivity index (χ0n) is 38.5. The Morgan fingerprint density at radius 3 is 0.571 bits per heavy atom. The molecule has 0 aliphatic carbocycles. The van der Waals surface area contributed by atoms with Crippen molar-refractivity contribution in [2.75, 3.05) is 26.2 Å². The van der Waals surface area contributed by atoms with Crippen LogP contribution in [0.4, 0.5) is 13.2 Å². The van der Waals surface area contributed by atoms with Crippen LogP contribution in [0, 0.1) is 0 Å². The standard InChI is InChI=1S/C48H100N.C2HF3O2/c1-5-9-13-17-21-25-29-33-37-41-45-49(46-42-38-34-30-26-22-18-14-10-6-2,47-43-39-35-31-27-23-19-15-11-7-3)48-44-40-36-32-28-24-20-16-12-8-4;3-2(4,5)1(6)7/h5-48H2,1-4H3;(H,6,7)/q+1;/p-1. The van der Waals surface area contributed by atoms with Gasteiger partial charge in [-0.25, -0.2) is 0 Å². The second-order valence-electron chi connectivity index (χ2n) is 17.7. The lowest BCUT2D eigenvalue weighted by Crippen LogP contribution is -2.50. The molecule has 0 aliphatic rings. The molecule has 338 valence electrons. The molecule has 0 aromatic carbocycles. The van der Waals surface area contributed by atoms with Gasteiger partial charge in [-0.3, -0.25) is 0 Å². The molecule has 0 saturated heterocycles. The van der Waals surface area contributed by atoms with Crippen LogP contribution in [0.3, 0.4) is 0 Å². The molecule has 0 fully saturated rings. The Kier molecular flexibility index (Phi) is 46.4. The first-order valence-corrected chi connectivity index (χ1v) is 25.3. The first kappa shape index (κ1) is 57.3. The summed E-state index contributed by atoms with van der Waals surface area (Å²) in [6, 6.07) is 0. The number of carboxylic acids is 1. The molecule has 0 radical (unpaired) electrons. The predicted octanol–water partition coefficient (Wildman–Crippen LogP) is 16.8. The number of unbranched alkanes of at least 4 members (excludes halogenated alkanes) is 36. The lowest BCUT2D eigenvalue weighted by atomic mass is 10.0. The minimum Gasteiger partial charge on any atom is -0.542 e. The molecule has 3 nitrogen and oxygen atoms in total. The van der Waals surface area contributed by atoms with E-state index in [0.29, 0.717) is 0 Å². The Morgan fingerprint density at radius 1 is 0.321 bits per heavy atom. The molecular weight excluding hydrogens is 704 g/mol. The van der Waals surface area contributed by atoms with Gasteiger partial charge in [0.25, 0.3) is 0 Å². The van der Waals surface area contributed by atoms with E-state index in [-0.39, 0.29) is 0 Å². The van der Waals surface area contributed by atoms with E-state index in [9.17, 15) is 13.2 Å². The monoisotopic (exact) mass is 804 g/mol. The van der Waals surface area contributed by atoms with Gasteiger partial charge in [0, 0.05) is 0 Å². The molecule has 0 aromatic heterocycles. The number of hydrogen-bond acceptors (Lipinski definition) is 2. The third kappa shape index (κ3) is 44.3. The van der Waals surface area contributed by atoms with Crippen LogP contribution in [0.5, 0.6) is 0 Å². The minimum atomic E-state index is -5.19. The van der Waals surface area contributed by atoms with Crippen LogP contribution in [0.25, 0.3) is 0 Å². The lowest BCUT2D eigenvalue weighted by Gasteiger charge is -2.40. The fraction of sp³-hybridized carbons (Fsp3) is 0.980. The number of rotatable bonds is 44. The summed E-state index contributed by atoms with van der Waals surface area (Å²) in [5.41, 5.74) is 0. The summed E-state index contributed by atoms with van der Waals surface area (Å²) in [5.74, 6) is -3.01. The number of nitrogens with zero attached hydrogens (tertiary/aromatic N) is 1. The summed E-state index contributed by atoms with van der Waals surface area (Å²) in [7, 11) is 0. The van der Waals surface area contributed by atoms with Gasteiger partial charge in [0.1, 0.15) is 5.97 Å². The van der Waals surface area contributed by atoms with Crippen LogP contribution >= 0.6 is 0 Å². The van der Waals surface area contributed by atoms with Crippen molar-refractivity contribution in [3.05, 3.63) is 0 Å². The van der Waals surface area contributed by atoms with Gasteiger partial charge in [0.2, 0.25) is 0 Å². The Bertz CT molecular complexity index is 658. The lowest BCUT2D eigenvalue weighted by molar-refractivity contribution is -0.929. The number of aliphatic carboxylic acids is 1. The summed E-state index contributed by atoms with van der Waals surface area (Å²) in [6.07, 6.45) is 53.5. The summed E-state index contributed by atoms with van der Waals surface area (Å²) < 4.78 is 33.0. The van der Waals surface area contributed by atoms with E-state index in [2.05, 4.69) is 27.7 Å². The number of carbonyl (C=O) groups is 1. The van der Waals surface area contributed by atoms with Gasteiger partial charge in [-0.15, -0.1) is 0 Å². The highest BCUT2D eigenvalue weighted by Crippen LogP contribution is 2.22. The van der Waals surface area contributed by atoms with E-state index in [0.717, 1.165) is 0 Å². The molecule has 0 heterocycles. The van der Waals surface area contributed by atoms with Crippen molar-refractivity contribution in [3.8, 4) is 0 Å². The van der Waals surface area contributed by atoms with Crippen molar-refractivity contribution in [1.29, 1.82) is 0 Å². The van der Waals surface area contributed by atoms with Crippen LogP contribution in [-0.2, 0) is 4.79 Å². The number of carboxylic acid groups (broad SMARTS) is 1. The van der Waals surface area contributed by atoms with Crippen molar-refractivity contribution in [1.82, 2.24) is 0 Å². The van der Waals surface area contributed by atoms with Crippen LogP contribution in [0.1, 0.15) is 285 Å². The van der Waals surface area contributed by atoms with Gasteiger partial charge in [-0.2, -0.15) is 13.2 Å². The largest absolute Gasteiger partial charge is 0.542 e. The highest BCUT2D eigenvalue weighted by molar-refractivity contribution is 5.70. The van der Waals surface area contributed by atoms with Gasteiger partial charge in [0.05, 0.1) is 26.2 Å². The van der Waals surface area contributed by atoms with Crippen molar-refractivity contribution < 1.29 is 27.6 Å². The van der Waals surface area contributed by atoms with E-state index in [4.69, 9.17) is 9.90 Å². The van der Waals surface area contributed by atoms with E-state index >= 15 is 0 Å². The number of carbonyl (C=O) groups excluding carboxylic acids is 1. The van der Waals surface area contributed by atoms with Crippen molar-refractivity contribution in [2.24, 2.45) is 0 Å². The summed E-state index contributed by atoms with van der Waals surface area (Å²) >= 11 is 0. The minimum absolute atomic E-state index is 1.37. The van der Waals surface area contributed by atoms with Crippen molar-refractivity contribution in [2.45, 2.75) is 291 Å². The number of quaternary nitrogens is 1. The SMILES string of the molecule is CCCCCCCCCCCC[N+](CCCCCCCCCCCC)(CCCCCCCCCCCC)CCCCCCCCCCCC.O=C([O-])C(F)(F)F. The number of halogens is 3. The van der Waals surface area contributed by atoms with Gasteiger partial charge in [-0.05, 0) is 51.4 Å². The fourth-order valence-corrected chi connectivity index (χ4v) is 8.41. The molecule has 0 amide bonds. The highest BCUT2D eigenvalue weighted by atomic mass is 19.4. The summed E-state index contributed by atoms with van der Waals surface area (Å²) in [5, 5.41) is 8.78. The fourth-order valence-electron chi connectivity index (χ4n) is 8.41.